The Bertz CT molecular complexity index is 561. The molecule has 0 bridgehead atoms. The number of methoxy groups -OCH3 is 1. The highest BCUT2D eigenvalue weighted by Gasteiger charge is 2.04. The summed E-state index contributed by atoms with van der Waals surface area (Å²) < 4.78 is 5.10. The predicted octanol–water partition coefficient (Wildman–Crippen LogP) is 2.85. The number of aliphatic hydroxyl groups is 1. The largest absolute Gasteiger partial charge is 0.495 e. The van der Waals surface area contributed by atoms with Crippen LogP contribution in [0.25, 0.3) is 0 Å². The van der Waals surface area contributed by atoms with Crippen LogP contribution in [0.5, 0.6) is 5.75 Å². The second-order valence-corrected chi connectivity index (χ2v) is 4.42. The highest BCUT2D eigenvalue weighted by Crippen LogP contribution is 2.25. The number of nitrogens with one attached hydrogen (secondary N) is 1. The lowest BCUT2D eigenvalue weighted by Crippen LogP contribution is -2.03. The van der Waals surface area contributed by atoms with E-state index >= 15 is 0 Å². The lowest BCUT2D eigenvalue weighted by atomic mass is 10.2. The Kier molecular flexibility index (Phi) is 4.60. The van der Waals surface area contributed by atoms with Crippen LogP contribution >= 0.6 is 11.6 Å². The van der Waals surface area contributed by atoms with Crippen molar-refractivity contribution in [3.63, 3.8) is 0 Å². The fourth-order valence-corrected chi connectivity index (χ4v) is 2.02. The minimum Gasteiger partial charge on any atom is -0.495 e. The van der Waals surface area contributed by atoms with E-state index in [4.69, 9.17) is 16.3 Å². The van der Waals surface area contributed by atoms with Gasteiger partial charge in [0.25, 0.3) is 0 Å². The van der Waals surface area contributed by atoms with E-state index in [2.05, 4.69) is 10.3 Å². The van der Waals surface area contributed by atoms with Crippen molar-refractivity contribution in [3.8, 4) is 5.75 Å². The molecular weight excluding hydrogens is 264 g/mol. The Hall–Kier alpha value is -1.78. The van der Waals surface area contributed by atoms with Gasteiger partial charge in [0, 0.05) is 18.3 Å². The summed E-state index contributed by atoms with van der Waals surface area (Å²) in [6, 6.07) is 7.40. The minimum atomic E-state index is -0.0196. The Morgan fingerprint density at radius 2 is 2.21 bits per heavy atom. The van der Waals surface area contributed by atoms with E-state index in [1.807, 2.05) is 18.2 Å². The van der Waals surface area contributed by atoms with Crippen molar-refractivity contribution in [1.82, 2.24) is 4.98 Å². The number of anilines is 1. The molecule has 0 saturated heterocycles. The molecule has 0 aliphatic rings. The Labute approximate surface area is 117 Å². The smallest absolute Gasteiger partial charge is 0.137 e. The fourth-order valence-electron chi connectivity index (χ4n) is 1.74. The van der Waals surface area contributed by atoms with Crippen LogP contribution in [0.4, 0.5) is 5.69 Å². The molecule has 2 aromatic rings. The second kappa shape index (κ2) is 6.41. The first-order valence-corrected chi connectivity index (χ1v) is 6.22. The van der Waals surface area contributed by atoms with Gasteiger partial charge in [0.1, 0.15) is 5.75 Å². The lowest BCUT2D eigenvalue weighted by Gasteiger charge is -2.11. The summed E-state index contributed by atoms with van der Waals surface area (Å²) in [5.41, 5.74) is 2.66. The van der Waals surface area contributed by atoms with Gasteiger partial charge in [-0.05, 0) is 23.8 Å². The SMILES string of the molecule is COc1ccc(CNc2cnccc2CO)cc1Cl. The van der Waals surface area contributed by atoms with Gasteiger partial charge in [-0.3, -0.25) is 4.98 Å². The summed E-state index contributed by atoms with van der Waals surface area (Å²) >= 11 is 6.06. The second-order valence-electron chi connectivity index (χ2n) is 4.01. The molecule has 2 rings (SSSR count). The molecule has 5 heteroatoms. The van der Waals surface area contributed by atoms with Crippen LogP contribution in [-0.2, 0) is 13.2 Å². The van der Waals surface area contributed by atoms with Gasteiger partial charge in [-0.1, -0.05) is 17.7 Å². The molecule has 1 aromatic carbocycles. The van der Waals surface area contributed by atoms with Gasteiger partial charge in [0.2, 0.25) is 0 Å². The number of aromatic nitrogens is 1. The van der Waals surface area contributed by atoms with Gasteiger partial charge in [-0.25, -0.2) is 0 Å². The molecule has 0 aliphatic heterocycles. The molecule has 0 fully saturated rings. The van der Waals surface area contributed by atoms with Crippen LogP contribution in [-0.4, -0.2) is 17.2 Å². The van der Waals surface area contributed by atoms with Gasteiger partial charge in [0.05, 0.1) is 30.6 Å². The van der Waals surface area contributed by atoms with Gasteiger partial charge in [0.15, 0.2) is 0 Å². The molecular formula is C14H15ClN2O2. The molecule has 0 radical (unpaired) electrons. The zero-order chi connectivity index (χ0) is 13.7. The van der Waals surface area contributed by atoms with Crippen LogP contribution in [0.1, 0.15) is 11.1 Å². The molecule has 100 valence electrons. The quantitative estimate of drug-likeness (QED) is 0.883. The predicted molar refractivity (Wildman–Crippen MR) is 75.5 cm³/mol. The zero-order valence-corrected chi connectivity index (χ0v) is 11.3. The number of benzene rings is 1. The van der Waals surface area contributed by atoms with Crippen LogP contribution in [0.2, 0.25) is 5.02 Å². The van der Waals surface area contributed by atoms with Crippen LogP contribution in [0, 0.1) is 0 Å². The summed E-state index contributed by atoms with van der Waals surface area (Å²) in [5.74, 6) is 0.655. The third kappa shape index (κ3) is 3.36. The van der Waals surface area contributed by atoms with E-state index in [1.165, 1.54) is 0 Å². The van der Waals surface area contributed by atoms with Crippen molar-refractivity contribution in [2.24, 2.45) is 0 Å². The van der Waals surface area contributed by atoms with Crippen molar-refractivity contribution >= 4 is 17.3 Å². The third-order valence-corrected chi connectivity index (χ3v) is 3.08. The van der Waals surface area contributed by atoms with Crippen molar-refractivity contribution in [3.05, 3.63) is 52.8 Å². The molecule has 0 amide bonds. The van der Waals surface area contributed by atoms with E-state index < -0.39 is 0 Å². The number of halogens is 1. The van der Waals surface area contributed by atoms with E-state index in [0.29, 0.717) is 17.3 Å². The highest BCUT2D eigenvalue weighted by atomic mass is 35.5. The molecule has 0 saturated carbocycles. The first-order valence-electron chi connectivity index (χ1n) is 5.84. The van der Waals surface area contributed by atoms with Crippen LogP contribution in [0.15, 0.2) is 36.7 Å². The van der Waals surface area contributed by atoms with Crippen LogP contribution < -0.4 is 10.1 Å². The normalized spacial score (nSPS) is 10.3. The number of hydrogen-bond acceptors (Lipinski definition) is 4. The number of ether oxygens (including phenoxy) is 1. The Morgan fingerprint density at radius 3 is 2.89 bits per heavy atom. The maximum atomic E-state index is 9.22. The third-order valence-electron chi connectivity index (χ3n) is 2.78. The minimum absolute atomic E-state index is 0.0196. The molecule has 1 heterocycles. The van der Waals surface area contributed by atoms with E-state index in [0.717, 1.165) is 16.8 Å². The van der Waals surface area contributed by atoms with E-state index in [1.54, 1.807) is 25.6 Å². The number of nitrogens with zero attached hydrogens (tertiary/aromatic N) is 1. The monoisotopic (exact) mass is 278 g/mol. The highest BCUT2D eigenvalue weighted by molar-refractivity contribution is 6.32. The van der Waals surface area contributed by atoms with Crippen molar-refractivity contribution in [2.75, 3.05) is 12.4 Å². The zero-order valence-electron chi connectivity index (χ0n) is 10.6. The van der Waals surface area contributed by atoms with Gasteiger partial charge < -0.3 is 15.2 Å². The summed E-state index contributed by atoms with van der Waals surface area (Å²) in [7, 11) is 1.59. The molecule has 4 nitrogen and oxygen atoms in total. The Balaban J connectivity index is 2.08. The fraction of sp³-hybridized carbons (Fsp3) is 0.214. The summed E-state index contributed by atoms with van der Waals surface area (Å²) in [6.45, 7) is 0.580. The van der Waals surface area contributed by atoms with Crippen molar-refractivity contribution < 1.29 is 9.84 Å². The standard InChI is InChI=1S/C14H15ClN2O2/c1-19-14-3-2-10(6-12(14)15)7-17-13-8-16-5-4-11(13)9-18/h2-6,8,17-18H,7,9H2,1H3. The molecule has 0 aliphatic carbocycles. The summed E-state index contributed by atoms with van der Waals surface area (Å²) in [5, 5.41) is 13.0. The topological polar surface area (TPSA) is 54.4 Å². The van der Waals surface area contributed by atoms with Crippen molar-refractivity contribution in [2.45, 2.75) is 13.2 Å². The first-order chi connectivity index (χ1) is 9.24. The number of pyridine rings is 1. The van der Waals surface area contributed by atoms with Gasteiger partial charge in [-0.15, -0.1) is 0 Å². The Morgan fingerprint density at radius 1 is 1.37 bits per heavy atom. The summed E-state index contributed by atoms with van der Waals surface area (Å²) in [4.78, 5) is 4.03. The molecule has 0 atom stereocenters. The van der Waals surface area contributed by atoms with E-state index in [-0.39, 0.29) is 6.61 Å². The molecule has 0 spiro atoms. The average Bonchev–Trinajstić information content (AvgIpc) is 2.45. The van der Waals surface area contributed by atoms with E-state index in [9.17, 15) is 5.11 Å². The number of hydrogen-bond donors (Lipinski definition) is 2. The molecule has 2 N–H and O–H groups in total. The van der Waals surface area contributed by atoms with Crippen LogP contribution in [0.3, 0.4) is 0 Å². The molecule has 0 unspecified atom stereocenters. The average molecular weight is 279 g/mol. The number of aliphatic hydroxyl groups excluding tert-OH is 1. The first kappa shape index (κ1) is 13.6. The van der Waals surface area contributed by atoms with Gasteiger partial charge >= 0.3 is 0 Å². The molecule has 1 aromatic heterocycles. The van der Waals surface area contributed by atoms with Crippen molar-refractivity contribution in [1.29, 1.82) is 0 Å². The van der Waals surface area contributed by atoms with Gasteiger partial charge in [-0.2, -0.15) is 0 Å². The summed E-state index contributed by atoms with van der Waals surface area (Å²) in [6.07, 6.45) is 3.34. The maximum Gasteiger partial charge on any atom is 0.137 e. The maximum absolute atomic E-state index is 9.22. The molecule has 19 heavy (non-hydrogen) atoms. The number of rotatable bonds is 5. The lowest BCUT2D eigenvalue weighted by molar-refractivity contribution is 0.282.